The largest absolute Gasteiger partial charge is 0.309 e. The predicted octanol–water partition coefficient (Wildman–Crippen LogP) is 6.89. The number of halogens is 2. The molecule has 0 spiro atoms. The fourth-order valence-corrected chi connectivity index (χ4v) is 3.90. The molecule has 1 atom stereocenters. The van der Waals surface area contributed by atoms with Crippen LogP contribution in [0.2, 0.25) is 10.0 Å². The van der Waals surface area contributed by atoms with Crippen LogP contribution < -0.4 is 5.32 Å². The molecule has 27 heavy (non-hydrogen) atoms. The predicted molar refractivity (Wildman–Crippen MR) is 112 cm³/mol. The van der Waals surface area contributed by atoms with Gasteiger partial charge >= 0.3 is 0 Å². The minimum Gasteiger partial charge on any atom is -0.309 e. The molecule has 0 aliphatic heterocycles. The number of azo groups is 1. The Labute approximate surface area is 171 Å². The molecule has 0 saturated heterocycles. The van der Waals surface area contributed by atoms with Crippen molar-refractivity contribution in [2.45, 2.75) is 26.3 Å². The van der Waals surface area contributed by atoms with Gasteiger partial charge in [-0.25, -0.2) is 4.98 Å². The fourth-order valence-electron chi connectivity index (χ4n) is 2.59. The van der Waals surface area contributed by atoms with E-state index in [1.807, 2.05) is 25.1 Å². The van der Waals surface area contributed by atoms with E-state index < -0.39 is 0 Å². The van der Waals surface area contributed by atoms with Gasteiger partial charge in [0.15, 0.2) is 0 Å². The van der Waals surface area contributed by atoms with Crippen LogP contribution >= 0.6 is 34.5 Å². The number of nitrogens with zero attached hydrogens (tertiary/aromatic N) is 4. The SMILES string of the molecule is Cc1cc(C(C)NCCC#N)ccc1N=Nc1nc2ccc(Cl)c(Cl)c2s1. The summed E-state index contributed by atoms with van der Waals surface area (Å²) in [4.78, 5) is 4.43. The zero-order valence-corrected chi connectivity index (χ0v) is 17.2. The van der Waals surface area contributed by atoms with E-state index in [0.29, 0.717) is 28.1 Å². The number of aryl methyl sites for hydroxylation is 1. The Balaban J connectivity index is 1.77. The zero-order valence-electron chi connectivity index (χ0n) is 14.8. The average Bonchev–Trinajstić information content (AvgIpc) is 3.08. The minimum atomic E-state index is 0.166. The summed E-state index contributed by atoms with van der Waals surface area (Å²) in [5.41, 5.74) is 3.71. The second-order valence-corrected chi connectivity index (χ2v) is 7.80. The van der Waals surface area contributed by atoms with Crippen molar-refractivity contribution in [1.29, 1.82) is 5.26 Å². The van der Waals surface area contributed by atoms with Crippen LogP contribution in [0.15, 0.2) is 40.6 Å². The third kappa shape index (κ3) is 4.63. The van der Waals surface area contributed by atoms with E-state index in [9.17, 15) is 0 Å². The van der Waals surface area contributed by atoms with Crippen molar-refractivity contribution < 1.29 is 0 Å². The van der Waals surface area contributed by atoms with E-state index in [0.717, 1.165) is 27.0 Å². The molecule has 3 aromatic rings. The van der Waals surface area contributed by atoms with Crippen LogP contribution in [0.25, 0.3) is 10.2 Å². The van der Waals surface area contributed by atoms with E-state index in [-0.39, 0.29) is 6.04 Å². The van der Waals surface area contributed by atoms with Crippen LogP contribution in [0.5, 0.6) is 0 Å². The van der Waals surface area contributed by atoms with Crippen LogP contribution in [0, 0.1) is 18.3 Å². The molecule has 1 unspecified atom stereocenters. The summed E-state index contributed by atoms with van der Waals surface area (Å²) in [6.07, 6.45) is 0.493. The van der Waals surface area contributed by atoms with Gasteiger partial charge in [0.25, 0.3) is 0 Å². The van der Waals surface area contributed by atoms with Crippen LogP contribution in [-0.4, -0.2) is 11.5 Å². The summed E-state index contributed by atoms with van der Waals surface area (Å²) in [6, 6.07) is 11.9. The molecule has 0 aliphatic carbocycles. The maximum Gasteiger partial charge on any atom is 0.231 e. The Morgan fingerprint density at radius 1 is 1.26 bits per heavy atom. The minimum absolute atomic E-state index is 0.166. The Bertz CT molecular complexity index is 1040. The second-order valence-electron chi connectivity index (χ2n) is 6.04. The molecule has 1 aromatic heterocycles. The normalized spacial score (nSPS) is 12.6. The third-order valence-electron chi connectivity index (χ3n) is 4.09. The second kappa shape index (κ2) is 8.77. The fraction of sp³-hybridized carbons (Fsp3) is 0.263. The molecule has 138 valence electrons. The Morgan fingerprint density at radius 2 is 2.07 bits per heavy atom. The van der Waals surface area contributed by atoms with Crippen LogP contribution in [0.3, 0.4) is 0 Å². The maximum atomic E-state index is 8.63. The van der Waals surface area contributed by atoms with Crippen LogP contribution in [0.1, 0.15) is 30.5 Å². The Morgan fingerprint density at radius 3 is 2.81 bits per heavy atom. The summed E-state index contributed by atoms with van der Waals surface area (Å²) in [6.45, 7) is 4.74. The average molecular weight is 418 g/mol. The number of aromatic nitrogens is 1. The molecular weight excluding hydrogens is 401 g/mol. The first-order chi connectivity index (χ1) is 13.0. The summed E-state index contributed by atoms with van der Waals surface area (Å²) in [5.74, 6) is 0. The van der Waals surface area contributed by atoms with E-state index in [1.54, 1.807) is 6.07 Å². The summed E-state index contributed by atoms with van der Waals surface area (Å²) in [7, 11) is 0. The molecule has 0 aliphatic rings. The molecule has 0 bridgehead atoms. The highest BCUT2D eigenvalue weighted by molar-refractivity contribution is 7.22. The van der Waals surface area contributed by atoms with Gasteiger partial charge in [0, 0.05) is 19.0 Å². The molecule has 1 N–H and O–H groups in total. The maximum absolute atomic E-state index is 8.63. The van der Waals surface area contributed by atoms with Gasteiger partial charge in [0.05, 0.1) is 32.0 Å². The summed E-state index contributed by atoms with van der Waals surface area (Å²) in [5, 5.41) is 22.1. The van der Waals surface area contributed by atoms with E-state index in [2.05, 4.69) is 39.6 Å². The van der Waals surface area contributed by atoms with Gasteiger partial charge in [-0.3, -0.25) is 0 Å². The van der Waals surface area contributed by atoms with Crippen molar-refractivity contribution in [2.75, 3.05) is 6.54 Å². The van der Waals surface area contributed by atoms with Crippen molar-refractivity contribution in [3.8, 4) is 6.07 Å². The van der Waals surface area contributed by atoms with Crippen LogP contribution in [-0.2, 0) is 0 Å². The lowest BCUT2D eigenvalue weighted by Crippen LogP contribution is -2.19. The number of fused-ring (bicyclic) bond motifs is 1. The van der Waals surface area contributed by atoms with Gasteiger partial charge in [-0.2, -0.15) is 5.26 Å². The summed E-state index contributed by atoms with van der Waals surface area (Å²) < 4.78 is 0.808. The number of benzene rings is 2. The van der Waals surface area contributed by atoms with Crippen molar-refractivity contribution in [3.05, 3.63) is 51.5 Å². The lowest BCUT2D eigenvalue weighted by Gasteiger charge is -2.14. The highest BCUT2D eigenvalue weighted by atomic mass is 35.5. The third-order valence-corrected chi connectivity index (χ3v) is 5.98. The van der Waals surface area contributed by atoms with Crippen molar-refractivity contribution in [3.63, 3.8) is 0 Å². The topological polar surface area (TPSA) is 73.4 Å². The molecule has 0 amide bonds. The smallest absolute Gasteiger partial charge is 0.231 e. The highest BCUT2D eigenvalue weighted by Gasteiger charge is 2.10. The highest BCUT2D eigenvalue weighted by Crippen LogP contribution is 2.38. The van der Waals surface area contributed by atoms with Gasteiger partial charge in [-0.1, -0.05) is 46.7 Å². The standard InChI is InChI=1S/C19H17Cl2N5S/c1-11-10-13(12(2)23-9-3-8-22)4-6-15(11)25-26-19-24-16-7-5-14(20)17(21)18(16)27-19/h4-7,10,12,23H,3,9H2,1-2H3. The van der Waals surface area contributed by atoms with Gasteiger partial charge in [-0.05, 0) is 43.2 Å². The van der Waals surface area contributed by atoms with Crippen molar-refractivity contribution >= 4 is 55.6 Å². The molecule has 0 fully saturated rings. The number of nitrogens with one attached hydrogen (secondary N) is 1. The Hall–Kier alpha value is -2.04. The first-order valence-electron chi connectivity index (χ1n) is 8.36. The monoisotopic (exact) mass is 417 g/mol. The number of hydrogen-bond donors (Lipinski definition) is 1. The van der Waals surface area contributed by atoms with Gasteiger partial charge < -0.3 is 5.32 Å². The van der Waals surface area contributed by atoms with Gasteiger partial charge in [0.2, 0.25) is 5.13 Å². The van der Waals surface area contributed by atoms with Crippen molar-refractivity contribution in [2.24, 2.45) is 10.2 Å². The quantitative estimate of drug-likeness (QED) is 0.350. The van der Waals surface area contributed by atoms with E-state index in [1.165, 1.54) is 11.3 Å². The number of nitriles is 1. The van der Waals surface area contributed by atoms with E-state index >= 15 is 0 Å². The first-order valence-corrected chi connectivity index (χ1v) is 9.94. The summed E-state index contributed by atoms with van der Waals surface area (Å²) >= 11 is 13.6. The molecule has 0 saturated carbocycles. The van der Waals surface area contributed by atoms with Gasteiger partial charge in [0.1, 0.15) is 0 Å². The lowest BCUT2D eigenvalue weighted by atomic mass is 10.0. The molecule has 3 rings (SSSR count). The van der Waals surface area contributed by atoms with Gasteiger partial charge in [-0.15, -0.1) is 10.2 Å². The molecular formula is C19H17Cl2N5S. The number of thiazole rings is 1. The molecule has 5 nitrogen and oxygen atoms in total. The van der Waals surface area contributed by atoms with E-state index in [4.69, 9.17) is 28.5 Å². The lowest BCUT2D eigenvalue weighted by molar-refractivity contribution is 0.583. The number of rotatable bonds is 6. The molecule has 1 heterocycles. The molecule has 2 aromatic carbocycles. The molecule has 8 heteroatoms. The Kier molecular flexibility index (Phi) is 6.40. The molecule has 0 radical (unpaired) electrons. The number of hydrogen-bond acceptors (Lipinski definition) is 6. The zero-order chi connectivity index (χ0) is 19.4. The van der Waals surface area contributed by atoms with Crippen LogP contribution in [0.4, 0.5) is 10.8 Å². The van der Waals surface area contributed by atoms with Crippen molar-refractivity contribution in [1.82, 2.24) is 10.3 Å². The first kappa shape index (κ1) is 19.7.